The number of nitrogens with one attached hydrogen (secondary N) is 2. The molecule has 1 aromatic heterocycles. The lowest BCUT2D eigenvalue weighted by molar-refractivity contribution is -0.128. The van der Waals surface area contributed by atoms with Gasteiger partial charge in [-0.1, -0.05) is 0 Å². The molecule has 0 spiro atoms. The maximum absolute atomic E-state index is 11.9. The maximum atomic E-state index is 11.9. The Kier molecular flexibility index (Phi) is 5.70. The second-order valence-corrected chi connectivity index (χ2v) is 5.73. The molecule has 0 aromatic carbocycles. The van der Waals surface area contributed by atoms with Crippen molar-refractivity contribution in [3.63, 3.8) is 0 Å². The van der Waals surface area contributed by atoms with Crippen molar-refractivity contribution in [3.8, 4) is 0 Å². The molecule has 0 atom stereocenters. The van der Waals surface area contributed by atoms with Crippen molar-refractivity contribution in [3.05, 3.63) is 21.0 Å². The van der Waals surface area contributed by atoms with E-state index in [1.807, 2.05) is 0 Å². The van der Waals surface area contributed by atoms with Crippen LogP contribution in [-0.4, -0.2) is 41.0 Å². The normalized spacial score (nSPS) is 11.2. The number of carbonyl (C=O) groups is 1. The van der Waals surface area contributed by atoms with Crippen LogP contribution in [0.1, 0.15) is 13.8 Å². The van der Waals surface area contributed by atoms with E-state index in [1.165, 1.54) is 10.9 Å². The minimum absolute atomic E-state index is 0.0947. The summed E-state index contributed by atoms with van der Waals surface area (Å²) in [5.74, 6) is -0.0947. The molecule has 1 amide bonds. The lowest BCUT2D eigenvalue weighted by Gasteiger charge is -2.23. The Morgan fingerprint density at radius 1 is 1.55 bits per heavy atom. The van der Waals surface area contributed by atoms with Crippen LogP contribution in [0.4, 0.5) is 5.69 Å². The van der Waals surface area contributed by atoms with Gasteiger partial charge < -0.3 is 15.7 Å². The van der Waals surface area contributed by atoms with Crippen LogP contribution in [-0.2, 0) is 11.3 Å². The van der Waals surface area contributed by atoms with Crippen LogP contribution in [0.25, 0.3) is 0 Å². The number of aromatic nitrogens is 2. The SMILES string of the molecule is CNC(=O)C(C)(C)CNc1cnn(CCO)c(=O)c1Br. The van der Waals surface area contributed by atoms with Gasteiger partial charge in [-0.15, -0.1) is 0 Å². The van der Waals surface area contributed by atoms with Gasteiger partial charge in [0.25, 0.3) is 5.56 Å². The number of anilines is 1. The molecule has 0 fully saturated rings. The molecule has 1 rings (SSSR count). The molecule has 7 nitrogen and oxygen atoms in total. The Bertz CT molecular complexity index is 542. The summed E-state index contributed by atoms with van der Waals surface area (Å²) in [6.45, 7) is 3.94. The standard InChI is InChI=1S/C12H19BrN4O3/c1-12(2,11(20)14-3)7-15-8-6-16-17(4-5-18)10(19)9(8)13/h6,15,18H,4-5,7H2,1-3H3,(H,14,20). The van der Waals surface area contributed by atoms with E-state index in [2.05, 4.69) is 31.7 Å². The monoisotopic (exact) mass is 346 g/mol. The predicted octanol–water partition coefficient (Wildman–Crippen LogP) is 0.182. The highest BCUT2D eigenvalue weighted by Crippen LogP contribution is 2.20. The number of nitrogens with zero attached hydrogens (tertiary/aromatic N) is 2. The van der Waals surface area contributed by atoms with Crippen LogP contribution < -0.4 is 16.2 Å². The molecule has 112 valence electrons. The molecule has 1 heterocycles. The smallest absolute Gasteiger partial charge is 0.283 e. The summed E-state index contributed by atoms with van der Waals surface area (Å²) in [5, 5.41) is 18.4. The van der Waals surface area contributed by atoms with E-state index >= 15 is 0 Å². The fourth-order valence-corrected chi connectivity index (χ4v) is 2.02. The fraction of sp³-hybridized carbons (Fsp3) is 0.583. The number of hydrogen-bond acceptors (Lipinski definition) is 5. The van der Waals surface area contributed by atoms with E-state index < -0.39 is 5.41 Å². The number of halogens is 1. The molecule has 0 bridgehead atoms. The molecule has 8 heteroatoms. The third-order valence-electron chi connectivity index (χ3n) is 2.86. The van der Waals surface area contributed by atoms with Crippen molar-refractivity contribution in [2.24, 2.45) is 5.41 Å². The van der Waals surface area contributed by atoms with Gasteiger partial charge in [0.15, 0.2) is 0 Å². The molecule has 0 radical (unpaired) electrons. The summed E-state index contributed by atoms with van der Waals surface area (Å²) in [7, 11) is 1.58. The van der Waals surface area contributed by atoms with Crippen molar-refractivity contribution in [1.82, 2.24) is 15.1 Å². The van der Waals surface area contributed by atoms with E-state index in [0.29, 0.717) is 16.7 Å². The fourth-order valence-electron chi connectivity index (χ4n) is 1.58. The molecule has 0 saturated heterocycles. The molecular formula is C12H19BrN4O3. The van der Waals surface area contributed by atoms with E-state index in [0.717, 1.165) is 0 Å². The van der Waals surface area contributed by atoms with E-state index in [-0.39, 0.29) is 24.6 Å². The number of aliphatic hydroxyl groups is 1. The van der Waals surface area contributed by atoms with E-state index in [1.54, 1.807) is 20.9 Å². The van der Waals surface area contributed by atoms with Crippen molar-refractivity contribution in [2.45, 2.75) is 20.4 Å². The average Bonchev–Trinajstić information content (AvgIpc) is 2.42. The zero-order chi connectivity index (χ0) is 15.3. The van der Waals surface area contributed by atoms with Gasteiger partial charge in [-0.2, -0.15) is 5.10 Å². The van der Waals surface area contributed by atoms with Crippen LogP contribution in [0.15, 0.2) is 15.5 Å². The highest BCUT2D eigenvalue weighted by molar-refractivity contribution is 9.10. The Balaban J connectivity index is 2.87. The molecule has 0 unspecified atom stereocenters. The van der Waals surface area contributed by atoms with E-state index in [4.69, 9.17) is 5.11 Å². The number of hydrogen-bond donors (Lipinski definition) is 3. The summed E-state index contributed by atoms with van der Waals surface area (Å²) in [6, 6.07) is 0. The Morgan fingerprint density at radius 2 is 2.20 bits per heavy atom. The number of carbonyl (C=O) groups excluding carboxylic acids is 1. The zero-order valence-corrected chi connectivity index (χ0v) is 13.3. The molecule has 3 N–H and O–H groups in total. The van der Waals surface area contributed by atoms with Gasteiger partial charge in [-0.05, 0) is 29.8 Å². The van der Waals surface area contributed by atoms with Gasteiger partial charge in [0, 0.05) is 13.6 Å². The number of rotatable bonds is 6. The van der Waals surface area contributed by atoms with Crippen LogP contribution in [0.3, 0.4) is 0 Å². The average molecular weight is 347 g/mol. The van der Waals surface area contributed by atoms with Crippen LogP contribution in [0.2, 0.25) is 0 Å². The van der Waals surface area contributed by atoms with Gasteiger partial charge in [0.1, 0.15) is 4.47 Å². The highest BCUT2D eigenvalue weighted by Gasteiger charge is 2.26. The predicted molar refractivity (Wildman–Crippen MR) is 79.6 cm³/mol. The summed E-state index contributed by atoms with van der Waals surface area (Å²) in [4.78, 5) is 23.6. The minimum Gasteiger partial charge on any atom is -0.394 e. The van der Waals surface area contributed by atoms with Gasteiger partial charge >= 0.3 is 0 Å². The topological polar surface area (TPSA) is 96.2 Å². The summed E-state index contributed by atoms with van der Waals surface area (Å²) in [6.07, 6.45) is 1.49. The van der Waals surface area contributed by atoms with Gasteiger partial charge in [-0.25, -0.2) is 4.68 Å². The van der Waals surface area contributed by atoms with E-state index in [9.17, 15) is 9.59 Å². The second-order valence-electron chi connectivity index (χ2n) is 4.94. The molecule has 0 saturated carbocycles. The van der Waals surface area contributed by atoms with Crippen molar-refractivity contribution < 1.29 is 9.90 Å². The molecule has 1 aromatic rings. The first-order valence-electron chi connectivity index (χ1n) is 6.16. The first-order valence-corrected chi connectivity index (χ1v) is 6.95. The van der Waals surface area contributed by atoms with Gasteiger partial charge in [0.05, 0.1) is 30.5 Å². The number of amides is 1. The summed E-state index contributed by atoms with van der Waals surface area (Å²) in [5.41, 5.74) is -0.434. The highest BCUT2D eigenvalue weighted by atomic mass is 79.9. The minimum atomic E-state index is -0.617. The first-order chi connectivity index (χ1) is 9.33. The van der Waals surface area contributed by atoms with Crippen molar-refractivity contribution in [2.75, 3.05) is 25.5 Å². The molecule has 0 aliphatic carbocycles. The quantitative estimate of drug-likeness (QED) is 0.682. The third kappa shape index (κ3) is 3.80. The molecule has 0 aliphatic heterocycles. The summed E-state index contributed by atoms with van der Waals surface area (Å²) >= 11 is 3.20. The first kappa shape index (κ1) is 16.6. The van der Waals surface area contributed by atoms with Crippen molar-refractivity contribution in [1.29, 1.82) is 0 Å². The molecule has 20 heavy (non-hydrogen) atoms. The van der Waals surface area contributed by atoms with Crippen LogP contribution in [0, 0.1) is 5.41 Å². The largest absolute Gasteiger partial charge is 0.394 e. The van der Waals surface area contributed by atoms with Crippen molar-refractivity contribution >= 4 is 27.5 Å². The van der Waals surface area contributed by atoms with Gasteiger partial charge in [-0.3, -0.25) is 9.59 Å². The lowest BCUT2D eigenvalue weighted by atomic mass is 9.92. The van der Waals surface area contributed by atoms with Gasteiger partial charge in [0.2, 0.25) is 5.91 Å². The Morgan fingerprint density at radius 3 is 2.75 bits per heavy atom. The molecule has 0 aliphatic rings. The third-order valence-corrected chi connectivity index (χ3v) is 3.63. The maximum Gasteiger partial charge on any atom is 0.283 e. The van der Waals surface area contributed by atoms with Crippen LogP contribution >= 0.6 is 15.9 Å². The summed E-state index contributed by atoms with van der Waals surface area (Å²) < 4.78 is 1.49. The lowest BCUT2D eigenvalue weighted by Crippen LogP contribution is -2.39. The van der Waals surface area contributed by atoms with Crippen LogP contribution in [0.5, 0.6) is 0 Å². The second kappa shape index (κ2) is 6.85. The Labute approximate surface area is 125 Å². The zero-order valence-electron chi connectivity index (χ0n) is 11.7. The Hall–Kier alpha value is -1.41. The molecular weight excluding hydrogens is 328 g/mol. The number of aliphatic hydroxyl groups excluding tert-OH is 1.